The van der Waals surface area contributed by atoms with E-state index in [1.165, 1.54) is 0 Å². The van der Waals surface area contributed by atoms with Crippen molar-refractivity contribution < 1.29 is 9.21 Å². The first kappa shape index (κ1) is 20.8. The van der Waals surface area contributed by atoms with Gasteiger partial charge in [-0.2, -0.15) is 0 Å². The van der Waals surface area contributed by atoms with Crippen LogP contribution in [-0.4, -0.2) is 28.4 Å². The van der Waals surface area contributed by atoms with Crippen molar-refractivity contribution in [1.29, 1.82) is 0 Å². The molecule has 0 aliphatic carbocycles. The number of unbranched alkanes of at least 4 members (excludes halogenated alkanes) is 1. The highest BCUT2D eigenvalue weighted by Gasteiger charge is 2.19. The normalized spacial score (nSPS) is 12.2. The third kappa shape index (κ3) is 5.49. The van der Waals surface area contributed by atoms with Crippen LogP contribution in [0.5, 0.6) is 0 Å². The first-order chi connectivity index (χ1) is 12.5. The van der Waals surface area contributed by atoms with Gasteiger partial charge in [0, 0.05) is 36.0 Å². The number of hydrogen-bond acceptors (Lipinski definition) is 3. The maximum Gasteiger partial charge on any atom is 0.223 e. The van der Waals surface area contributed by atoms with Gasteiger partial charge in [-0.3, -0.25) is 4.79 Å². The second-order valence-corrected chi connectivity index (χ2v) is 7.28. The van der Waals surface area contributed by atoms with Gasteiger partial charge < -0.3 is 9.32 Å². The number of halogens is 2. The Labute approximate surface area is 165 Å². The third-order valence-electron chi connectivity index (χ3n) is 4.50. The fourth-order valence-corrected chi connectivity index (χ4v) is 3.24. The number of carbonyl (C=O) groups is 1. The standard InChI is InChI=1S/C20H26Cl2N2O2/c1-4-6-11-24(14(3)5-2)20(25)10-9-19-23-13-18(26-19)16-8-7-15(21)12-17(16)22/h7-8,12-14H,4-6,9-11H2,1-3H3. The zero-order valence-corrected chi connectivity index (χ0v) is 17.1. The second kappa shape index (κ2) is 9.98. The van der Waals surface area contributed by atoms with Gasteiger partial charge in [0.2, 0.25) is 5.91 Å². The molecule has 0 aliphatic rings. The van der Waals surface area contributed by atoms with Crippen LogP contribution in [0.1, 0.15) is 52.3 Å². The molecule has 0 spiro atoms. The molecule has 2 aromatic rings. The average molecular weight is 397 g/mol. The number of benzene rings is 1. The van der Waals surface area contributed by atoms with E-state index in [0.717, 1.165) is 31.4 Å². The van der Waals surface area contributed by atoms with Gasteiger partial charge in [0.05, 0.1) is 11.2 Å². The molecule has 0 N–H and O–H groups in total. The fourth-order valence-electron chi connectivity index (χ4n) is 2.74. The van der Waals surface area contributed by atoms with E-state index in [0.29, 0.717) is 34.5 Å². The largest absolute Gasteiger partial charge is 0.441 e. The van der Waals surface area contributed by atoms with Gasteiger partial charge in [0.25, 0.3) is 0 Å². The van der Waals surface area contributed by atoms with Crippen molar-refractivity contribution in [2.75, 3.05) is 6.54 Å². The van der Waals surface area contributed by atoms with Gasteiger partial charge in [0.15, 0.2) is 11.7 Å². The van der Waals surface area contributed by atoms with E-state index in [2.05, 4.69) is 25.8 Å². The van der Waals surface area contributed by atoms with Crippen LogP contribution in [-0.2, 0) is 11.2 Å². The van der Waals surface area contributed by atoms with Crippen LogP contribution in [0.2, 0.25) is 10.0 Å². The molecule has 0 radical (unpaired) electrons. The lowest BCUT2D eigenvalue weighted by Gasteiger charge is -2.28. The summed E-state index contributed by atoms with van der Waals surface area (Å²) in [5, 5.41) is 1.08. The average Bonchev–Trinajstić information content (AvgIpc) is 3.08. The Kier molecular flexibility index (Phi) is 7.98. The molecule has 1 heterocycles. The Bertz CT molecular complexity index is 730. The van der Waals surface area contributed by atoms with Crippen molar-refractivity contribution in [3.8, 4) is 11.3 Å². The van der Waals surface area contributed by atoms with Crippen molar-refractivity contribution >= 4 is 29.1 Å². The smallest absolute Gasteiger partial charge is 0.223 e. The molecule has 26 heavy (non-hydrogen) atoms. The molecule has 1 aromatic heterocycles. The first-order valence-electron chi connectivity index (χ1n) is 9.15. The van der Waals surface area contributed by atoms with E-state index in [1.54, 1.807) is 24.4 Å². The van der Waals surface area contributed by atoms with Gasteiger partial charge in [-0.15, -0.1) is 0 Å². The number of aromatic nitrogens is 1. The van der Waals surface area contributed by atoms with Crippen LogP contribution in [0, 0.1) is 0 Å². The Morgan fingerprint density at radius 3 is 2.73 bits per heavy atom. The van der Waals surface area contributed by atoms with Crippen LogP contribution in [0.4, 0.5) is 0 Å². The van der Waals surface area contributed by atoms with Crippen LogP contribution in [0.15, 0.2) is 28.8 Å². The SMILES string of the molecule is CCCCN(C(=O)CCc1ncc(-c2ccc(Cl)cc2Cl)o1)C(C)CC. The topological polar surface area (TPSA) is 46.3 Å². The van der Waals surface area contributed by atoms with Gasteiger partial charge in [0.1, 0.15) is 0 Å². The molecule has 4 nitrogen and oxygen atoms in total. The lowest BCUT2D eigenvalue weighted by atomic mass is 10.1. The molecule has 6 heteroatoms. The maximum atomic E-state index is 12.6. The Balaban J connectivity index is 2.01. The molecule has 142 valence electrons. The number of amides is 1. The van der Waals surface area contributed by atoms with Crippen molar-refractivity contribution in [1.82, 2.24) is 9.88 Å². The predicted octanol–water partition coefficient (Wildman–Crippen LogP) is 6.01. The number of nitrogens with zero attached hydrogens (tertiary/aromatic N) is 2. The minimum absolute atomic E-state index is 0.150. The zero-order chi connectivity index (χ0) is 19.1. The number of aryl methyl sites for hydroxylation is 1. The van der Waals surface area contributed by atoms with Gasteiger partial charge >= 0.3 is 0 Å². The summed E-state index contributed by atoms with van der Waals surface area (Å²) in [5.74, 6) is 1.27. The zero-order valence-electron chi connectivity index (χ0n) is 15.6. The van der Waals surface area contributed by atoms with Crippen molar-refractivity contribution in [3.05, 3.63) is 40.3 Å². The molecule has 1 atom stereocenters. The summed E-state index contributed by atoms with van der Waals surface area (Å²) in [6.07, 6.45) is 5.55. The maximum absolute atomic E-state index is 12.6. The minimum Gasteiger partial charge on any atom is -0.441 e. The molecule has 0 bridgehead atoms. The summed E-state index contributed by atoms with van der Waals surface area (Å²) in [6, 6.07) is 5.48. The van der Waals surface area contributed by atoms with Crippen molar-refractivity contribution in [2.45, 2.75) is 58.9 Å². The monoisotopic (exact) mass is 396 g/mol. The predicted molar refractivity (Wildman–Crippen MR) is 107 cm³/mol. The third-order valence-corrected chi connectivity index (χ3v) is 5.05. The minimum atomic E-state index is 0.150. The van der Waals surface area contributed by atoms with E-state index < -0.39 is 0 Å². The summed E-state index contributed by atoms with van der Waals surface area (Å²) in [6.45, 7) is 7.14. The molecule has 1 aromatic carbocycles. The summed E-state index contributed by atoms with van der Waals surface area (Å²) in [7, 11) is 0. The van der Waals surface area contributed by atoms with Crippen LogP contribution < -0.4 is 0 Å². The summed E-state index contributed by atoms with van der Waals surface area (Å²) in [5.41, 5.74) is 0.741. The molecular formula is C20H26Cl2N2O2. The summed E-state index contributed by atoms with van der Waals surface area (Å²) in [4.78, 5) is 18.9. The molecule has 0 saturated heterocycles. The molecular weight excluding hydrogens is 371 g/mol. The summed E-state index contributed by atoms with van der Waals surface area (Å²) >= 11 is 12.1. The molecule has 0 fully saturated rings. The molecule has 1 unspecified atom stereocenters. The summed E-state index contributed by atoms with van der Waals surface area (Å²) < 4.78 is 5.78. The molecule has 2 rings (SSSR count). The van der Waals surface area contributed by atoms with E-state index in [1.807, 2.05) is 4.90 Å². The van der Waals surface area contributed by atoms with E-state index in [9.17, 15) is 4.79 Å². The number of rotatable bonds is 9. The highest BCUT2D eigenvalue weighted by molar-refractivity contribution is 6.36. The lowest BCUT2D eigenvalue weighted by Crippen LogP contribution is -2.39. The van der Waals surface area contributed by atoms with Crippen LogP contribution >= 0.6 is 23.2 Å². The Hall–Kier alpha value is -1.52. The highest BCUT2D eigenvalue weighted by Crippen LogP contribution is 2.30. The quantitative estimate of drug-likeness (QED) is 0.521. The van der Waals surface area contributed by atoms with Crippen molar-refractivity contribution in [3.63, 3.8) is 0 Å². The Morgan fingerprint density at radius 1 is 1.31 bits per heavy atom. The molecule has 0 aliphatic heterocycles. The fraction of sp³-hybridized carbons (Fsp3) is 0.500. The number of oxazole rings is 1. The second-order valence-electron chi connectivity index (χ2n) is 6.44. The number of hydrogen-bond donors (Lipinski definition) is 0. The van der Waals surface area contributed by atoms with E-state index >= 15 is 0 Å². The van der Waals surface area contributed by atoms with Gasteiger partial charge in [-0.05, 0) is 38.0 Å². The molecule has 1 amide bonds. The van der Waals surface area contributed by atoms with E-state index in [-0.39, 0.29) is 11.9 Å². The van der Waals surface area contributed by atoms with Gasteiger partial charge in [-0.1, -0.05) is 43.5 Å². The lowest BCUT2D eigenvalue weighted by molar-refractivity contribution is -0.133. The van der Waals surface area contributed by atoms with Crippen LogP contribution in [0.3, 0.4) is 0 Å². The molecule has 0 saturated carbocycles. The van der Waals surface area contributed by atoms with Gasteiger partial charge in [-0.25, -0.2) is 4.98 Å². The number of carbonyl (C=O) groups excluding carboxylic acids is 1. The van der Waals surface area contributed by atoms with Crippen molar-refractivity contribution in [2.24, 2.45) is 0 Å². The first-order valence-corrected chi connectivity index (χ1v) is 9.91. The van der Waals surface area contributed by atoms with E-state index in [4.69, 9.17) is 27.6 Å². The highest BCUT2D eigenvalue weighted by atomic mass is 35.5. The Morgan fingerprint density at radius 2 is 2.08 bits per heavy atom. The van der Waals surface area contributed by atoms with Crippen LogP contribution in [0.25, 0.3) is 11.3 Å².